The molecule has 1 unspecified atom stereocenters. The summed E-state index contributed by atoms with van der Waals surface area (Å²) in [4.78, 5) is 4.18. The van der Waals surface area contributed by atoms with E-state index >= 15 is 0 Å². The van der Waals surface area contributed by atoms with E-state index in [0.717, 1.165) is 18.7 Å². The van der Waals surface area contributed by atoms with Crippen LogP contribution >= 0.6 is 0 Å². The molecule has 2 aromatic rings. The summed E-state index contributed by atoms with van der Waals surface area (Å²) >= 11 is 0. The number of nitrogens with one attached hydrogen (secondary N) is 1. The Kier molecular flexibility index (Phi) is 3.94. The monoisotopic (exact) mass is 230 g/mol. The van der Waals surface area contributed by atoms with Gasteiger partial charge in [0.25, 0.3) is 0 Å². The molecule has 0 radical (unpaired) electrons. The summed E-state index contributed by atoms with van der Waals surface area (Å²) in [5, 5.41) is 3.48. The Morgan fingerprint density at radius 2 is 2.24 bits per heavy atom. The summed E-state index contributed by atoms with van der Waals surface area (Å²) in [6, 6.07) is 6.26. The van der Waals surface area contributed by atoms with Crippen molar-refractivity contribution < 1.29 is 4.42 Å². The lowest BCUT2D eigenvalue weighted by Crippen LogP contribution is -2.22. The minimum Gasteiger partial charge on any atom is -0.469 e. The average molecular weight is 230 g/mol. The molecule has 0 bridgehead atoms. The number of aryl methyl sites for hydroxylation is 1. The minimum absolute atomic E-state index is 0.169. The Balaban J connectivity index is 2.36. The molecule has 0 fully saturated rings. The maximum atomic E-state index is 5.50. The van der Waals surface area contributed by atoms with Crippen molar-refractivity contribution in [2.24, 2.45) is 0 Å². The molecule has 1 N–H and O–H groups in total. The SMILES string of the molecule is CCNC(c1cccnc1)c1ccoc1CC. The molecule has 2 rings (SSSR count). The summed E-state index contributed by atoms with van der Waals surface area (Å²) in [5.41, 5.74) is 2.38. The van der Waals surface area contributed by atoms with E-state index in [4.69, 9.17) is 4.42 Å². The summed E-state index contributed by atoms with van der Waals surface area (Å²) in [5.74, 6) is 1.04. The molecule has 0 amide bonds. The highest BCUT2D eigenvalue weighted by Gasteiger charge is 2.17. The van der Waals surface area contributed by atoms with Gasteiger partial charge in [-0.1, -0.05) is 19.9 Å². The van der Waals surface area contributed by atoms with Gasteiger partial charge in [-0.25, -0.2) is 0 Å². The van der Waals surface area contributed by atoms with Crippen LogP contribution in [0.4, 0.5) is 0 Å². The third-order valence-corrected chi connectivity index (χ3v) is 2.84. The molecular formula is C14H18N2O. The lowest BCUT2D eigenvalue weighted by atomic mass is 10.00. The Bertz CT molecular complexity index is 450. The average Bonchev–Trinajstić information content (AvgIpc) is 2.85. The van der Waals surface area contributed by atoms with Gasteiger partial charge in [0.05, 0.1) is 12.3 Å². The van der Waals surface area contributed by atoms with Crippen molar-refractivity contribution in [3.05, 3.63) is 53.7 Å². The van der Waals surface area contributed by atoms with Gasteiger partial charge >= 0.3 is 0 Å². The van der Waals surface area contributed by atoms with Gasteiger partial charge < -0.3 is 9.73 Å². The Morgan fingerprint density at radius 3 is 2.88 bits per heavy atom. The van der Waals surface area contributed by atoms with E-state index in [1.165, 1.54) is 11.1 Å². The zero-order chi connectivity index (χ0) is 12.1. The predicted molar refractivity (Wildman–Crippen MR) is 67.8 cm³/mol. The lowest BCUT2D eigenvalue weighted by Gasteiger charge is -2.17. The van der Waals surface area contributed by atoms with Crippen molar-refractivity contribution in [1.82, 2.24) is 10.3 Å². The highest BCUT2D eigenvalue weighted by Crippen LogP contribution is 2.25. The van der Waals surface area contributed by atoms with Gasteiger partial charge in [-0.3, -0.25) is 4.98 Å². The van der Waals surface area contributed by atoms with Crippen LogP contribution in [0.2, 0.25) is 0 Å². The number of nitrogens with zero attached hydrogens (tertiary/aromatic N) is 1. The molecule has 0 saturated carbocycles. The van der Waals surface area contributed by atoms with Gasteiger partial charge in [0, 0.05) is 24.4 Å². The van der Waals surface area contributed by atoms with Crippen molar-refractivity contribution in [2.45, 2.75) is 26.3 Å². The summed E-state index contributed by atoms with van der Waals surface area (Å²) in [7, 11) is 0. The van der Waals surface area contributed by atoms with Crippen molar-refractivity contribution >= 4 is 0 Å². The van der Waals surface area contributed by atoms with E-state index in [-0.39, 0.29) is 6.04 Å². The number of aromatic nitrogens is 1. The Hall–Kier alpha value is -1.61. The van der Waals surface area contributed by atoms with Gasteiger partial charge in [-0.2, -0.15) is 0 Å². The number of hydrogen-bond donors (Lipinski definition) is 1. The second kappa shape index (κ2) is 5.64. The van der Waals surface area contributed by atoms with Crippen LogP contribution in [0.15, 0.2) is 41.3 Å². The van der Waals surface area contributed by atoms with Crippen LogP contribution in [-0.4, -0.2) is 11.5 Å². The molecule has 1 atom stereocenters. The molecule has 2 aromatic heterocycles. The lowest BCUT2D eigenvalue weighted by molar-refractivity contribution is 0.502. The molecule has 90 valence electrons. The van der Waals surface area contributed by atoms with Crippen LogP contribution in [0.5, 0.6) is 0 Å². The fraction of sp³-hybridized carbons (Fsp3) is 0.357. The molecule has 3 heteroatoms. The van der Waals surface area contributed by atoms with Gasteiger partial charge in [-0.05, 0) is 24.2 Å². The first-order chi connectivity index (χ1) is 8.36. The number of rotatable bonds is 5. The van der Waals surface area contributed by atoms with E-state index in [1.54, 1.807) is 12.5 Å². The standard InChI is InChI=1S/C14H18N2O/c1-3-13-12(7-9-17-13)14(16-4-2)11-6-5-8-15-10-11/h5-10,14,16H,3-4H2,1-2H3. The van der Waals surface area contributed by atoms with E-state index in [2.05, 4.69) is 30.2 Å². The van der Waals surface area contributed by atoms with Crippen LogP contribution in [0.1, 0.15) is 36.8 Å². The second-order valence-corrected chi connectivity index (χ2v) is 3.93. The van der Waals surface area contributed by atoms with Gasteiger partial charge in [0.2, 0.25) is 0 Å². The number of hydrogen-bond acceptors (Lipinski definition) is 3. The Morgan fingerprint density at radius 1 is 1.35 bits per heavy atom. The molecular weight excluding hydrogens is 212 g/mol. The van der Waals surface area contributed by atoms with Gasteiger partial charge in [0.15, 0.2) is 0 Å². The van der Waals surface area contributed by atoms with Gasteiger partial charge in [-0.15, -0.1) is 0 Å². The molecule has 0 aromatic carbocycles. The fourth-order valence-electron chi connectivity index (χ4n) is 2.05. The third-order valence-electron chi connectivity index (χ3n) is 2.84. The Labute approximate surface area is 102 Å². The van der Waals surface area contributed by atoms with Crippen LogP contribution in [0.3, 0.4) is 0 Å². The minimum atomic E-state index is 0.169. The van der Waals surface area contributed by atoms with Crippen molar-refractivity contribution in [3.63, 3.8) is 0 Å². The summed E-state index contributed by atoms with van der Waals surface area (Å²) in [6.07, 6.45) is 6.36. The van der Waals surface area contributed by atoms with Crippen molar-refractivity contribution in [3.8, 4) is 0 Å². The zero-order valence-corrected chi connectivity index (χ0v) is 10.3. The molecule has 0 aliphatic rings. The van der Waals surface area contributed by atoms with E-state index < -0.39 is 0 Å². The van der Waals surface area contributed by atoms with E-state index in [9.17, 15) is 0 Å². The van der Waals surface area contributed by atoms with Crippen LogP contribution in [-0.2, 0) is 6.42 Å². The second-order valence-electron chi connectivity index (χ2n) is 3.93. The topological polar surface area (TPSA) is 38.1 Å². The number of pyridine rings is 1. The van der Waals surface area contributed by atoms with Crippen LogP contribution < -0.4 is 5.32 Å². The molecule has 0 aliphatic heterocycles. The van der Waals surface area contributed by atoms with E-state index in [0.29, 0.717) is 0 Å². The molecule has 0 saturated heterocycles. The summed E-state index contributed by atoms with van der Waals surface area (Å²) < 4.78 is 5.50. The number of furan rings is 1. The first-order valence-corrected chi connectivity index (χ1v) is 6.06. The van der Waals surface area contributed by atoms with Crippen LogP contribution in [0.25, 0.3) is 0 Å². The fourth-order valence-corrected chi connectivity index (χ4v) is 2.05. The first kappa shape index (κ1) is 11.9. The quantitative estimate of drug-likeness (QED) is 0.858. The smallest absolute Gasteiger partial charge is 0.108 e. The highest BCUT2D eigenvalue weighted by molar-refractivity contribution is 5.31. The molecule has 2 heterocycles. The first-order valence-electron chi connectivity index (χ1n) is 6.06. The maximum Gasteiger partial charge on any atom is 0.108 e. The van der Waals surface area contributed by atoms with Gasteiger partial charge in [0.1, 0.15) is 5.76 Å². The summed E-state index contributed by atoms with van der Waals surface area (Å²) in [6.45, 7) is 5.12. The van der Waals surface area contributed by atoms with Crippen molar-refractivity contribution in [2.75, 3.05) is 6.54 Å². The van der Waals surface area contributed by atoms with Crippen LogP contribution in [0, 0.1) is 0 Å². The normalized spacial score (nSPS) is 12.6. The molecule has 0 aliphatic carbocycles. The molecule has 0 spiro atoms. The third kappa shape index (κ3) is 2.56. The van der Waals surface area contributed by atoms with Crippen molar-refractivity contribution in [1.29, 1.82) is 0 Å². The predicted octanol–water partition coefficient (Wildman–Crippen LogP) is 2.94. The van der Waals surface area contributed by atoms with E-state index in [1.807, 2.05) is 18.3 Å². The molecule has 17 heavy (non-hydrogen) atoms. The maximum absolute atomic E-state index is 5.50. The molecule has 3 nitrogen and oxygen atoms in total. The highest BCUT2D eigenvalue weighted by atomic mass is 16.3. The largest absolute Gasteiger partial charge is 0.469 e. The zero-order valence-electron chi connectivity index (χ0n) is 10.3.